The number of thiophene rings is 1. The van der Waals surface area contributed by atoms with E-state index in [1.54, 1.807) is 11.3 Å². The van der Waals surface area contributed by atoms with Crippen molar-refractivity contribution in [2.45, 2.75) is 26.4 Å². The van der Waals surface area contributed by atoms with Gasteiger partial charge >= 0.3 is 0 Å². The van der Waals surface area contributed by atoms with E-state index < -0.39 is 0 Å². The van der Waals surface area contributed by atoms with Crippen LogP contribution in [0.4, 0.5) is 0 Å². The summed E-state index contributed by atoms with van der Waals surface area (Å²) >= 11 is 1.70. The van der Waals surface area contributed by atoms with Gasteiger partial charge in [-0.15, -0.1) is 11.3 Å². The third-order valence-corrected chi connectivity index (χ3v) is 5.58. The maximum atomic E-state index is 12.3. The van der Waals surface area contributed by atoms with E-state index in [1.165, 1.54) is 10.4 Å². The molecule has 3 rings (SSSR count). The Morgan fingerprint density at radius 1 is 1.24 bits per heavy atom. The lowest BCUT2D eigenvalue weighted by atomic mass is 10.0. The van der Waals surface area contributed by atoms with Crippen LogP contribution in [0, 0.1) is 5.92 Å². The van der Waals surface area contributed by atoms with Crippen LogP contribution >= 0.6 is 11.3 Å². The zero-order valence-electron chi connectivity index (χ0n) is 14.9. The number of carbonyl (C=O) groups excluding carboxylic acids is 1. The minimum atomic E-state index is -0.388. The molecule has 1 saturated heterocycles. The Bertz CT molecular complexity index is 676. The third-order valence-electron chi connectivity index (χ3n) is 4.69. The van der Waals surface area contributed by atoms with Crippen molar-refractivity contribution in [3.05, 3.63) is 41.4 Å². The Hall–Kier alpha value is -1.76. The number of carbonyl (C=O) groups is 1. The van der Waals surface area contributed by atoms with Crippen molar-refractivity contribution < 1.29 is 4.79 Å². The SMILES string of the molecule is CC(C)C(N)C(=O)N1CCN(Cc2ccc(-c3cccs3)nc2)CC1. The van der Waals surface area contributed by atoms with Gasteiger partial charge in [0.25, 0.3) is 0 Å². The summed E-state index contributed by atoms with van der Waals surface area (Å²) in [6, 6.07) is 7.98. The van der Waals surface area contributed by atoms with Crippen molar-refractivity contribution >= 4 is 17.2 Å². The summed E-state index contributed by atoms with van der Waals surface area (Å²) in [5, 5.41) is 2.07. The summed E-state index contributed by atoms with van der Waals surface area (Å²) in [6.07, 6.45) is 1.96. The number of amides is 1. The summed E-state index contributed by atoms with van der Waals surface area (Å²) in [4.78, 5) is 22.4. The van der Waals surface area contributed by atoms with Crippen molar-refractivity contribution in [3.63, 3.8) is 0 Å². The van der Waals surface area contributed by atoms with Gasteiger partial charge in [0.1, 0.15) is 0 Å². The molecule has 2 aromatic rings. The average molecular weight is 359 g/mol. The molecule has 2 aromatic heterocycles. The molecule has 0 spiro atoms. The minimum absolute atomic E-state index is 0.0802. The lowest BCUT2D eigenvalue weighted by molar-refractivity contribution is -0.135. The number of hydrogen-bond acceptors (Lipinski definition) is 5. The highest BCUT2D eigenvalue weighted by Gasteiger charge is 2.26. The van der Waals surface area contributed by atoms with E-state index in [2.05, 4.69) is 33.5 Å². The van der Waals surface area contributed by atoms with Crippen LogP contribution < -0.4 is 5.73 Å². The van der Waals surface area contributed by atoms with Crippen LogP contribution in [0.2, 0.25) is 0 Å². The summed E-state index contributed by atoms with van der Waals surface area (Å²) in [5.41, 5.74) is 8.22. The van der Waals surface area contributed by atoms with E-state index in [9.17, 15) is 4.79 Å². The van der Waals surface area contributed by atoms with Gasteiger partial charge in [-0.2, -0.15) is 0 Å². The molecule has 0 aromatic carbocycles. The molecule has 134 valence electrons. The molecule has 0 bridgehead atoms. The number of nitrogens with zero attached hydrogens (tertiary/aromatic N) is 3. The van der Waals surface area contributed by atoms with Crippen LogP contribution in [-0.4, -0.2) is 52.9 Å². The molecule has 1 aliphatic heterocycles. The summed E-state index contributed by atoms with van der Waals surface area (Å²) in [7, 11) is 0. The fraction of sp³-hybridized carbons (Fsp3) is 0.474. The van der Waals surface area contributed by atoms with Gasteiger partial charge in [-0.3, -0.25) is 14.7 Å². The van der Waals surface area contributed by atoms with E-state index >= 15 is 0 Å². The summed E-state index contributed by atoms with van der Waals surface area (Å²) < 4.78 is 0. The van der Waals surface area contributed by atoms with Gasteiger partial charge in [0.05, 0.1) is 16.6 Å². The molecule has 1 unspecified atom stereocenters. The number of piperazine rings is 1. The molecule has 0 aliphatic carbocycles. The minimum Gasteiger partial charge on any atom is -0.339 e. The molecule has 6 heteroatoms. The molecular formula is C19H26N4OS. The first kappa shape index (κ1) is 18.0. The second kappa shape index (κ2) is 8.08. The molecule has 1 fully saturated rings. The topological polar surface area (TPSA) is 62.5 Å². The van der Waals surface area contributed by atoms with Crippen molar-refractivity contribution in [3.8, 4) is 10.6 Å². The van der Waals surface area contributed by atoms with Gasteiger partial charge in [0.15, 0.2) is 0 Å². The number of aromatic nitrogens is 1. The zero-order valence-corrected chi connectivity index (χ0v) is 15.7. The van der Waals surface area contributed by atoms with Crippen molar-refractivity contribution in [1.29, 1.82) is 0 Å². The molecule has 5 nitrogen and oxygen atoms in total. The van der Waals surface area contributed by atoms with Crippen LogP contribution in [-0.2, 0) is 11.3 Å². The van der Waals surface area contributed by atoms with Crippen molar-refractivity contribution in [2.24, 2.45) is 11.7 Å². The fourth-order valence-corrected chi connectivity index (χ4v) is 3.67. The fourth-order valence-electron chi connectivity index (χ4n) is 2.97. The predicted octanol–water partition coefficient (Wildman–Crippen LogP) is 2.44. The highest BCUT2D eigenvalue weighted by Crippen LogP contribution is 2.22. The lowest BCUT2D eigenvalue weighted by Gasteiger charge is -2.36. The second-order valence-corrected chi connectivity index (χ2v) is 7.85. The molecule has 2 N–H and O–H groups in total. The van der Waals surface area contributed by atoms with E-state index in [-0.39, 0.29) is 17.9 Å². The maximum Gasteiger partial charge on any atom is 0.239 e. The first-order chi connectivity index (χ1) is 12.0. The van der Waals surface area contributed by atoms with E-state index in [0.717, 1.165) is 38.4 Å². The van der Waals surface area contributed by atoms with Gasteiger partial charge in [-0.1, -0.05) is 26.0 Å². The van der Waals surface area contributed by atoms with Crippen LogP contribution in [0.3, 0.4) is 0 Å². The standard InChI is InChI=1S/C19H26N4OS/c1-14(2)18(20)19(24)23-9-7-22(8-10-23)13-15-5-6-16(21-12-15)17-4-3-11-25-17/h3-6,11-12,14,18H,7-10,13,20H2,1-2H3. The predicted molar refractivity (Wildman–Crippen MR) is 102 cm³/mol. The average Bonchev–Trinajstić information content (AvgIpc) is 3.16. The Balaban J connectivity index is 1.51. The molecule has 0 saturated carbocycles. The third kappa shape index (κ3) is 4.45. The monoisotopic (exact) mass is 358 g/mol. The van der Waals surface area contributed by atoms with Gasteiger partial charge in [0.2, 0.25) is 5.91 Å². The first-order valence-corrected chi connectivity index (χ1v) is 9.68. The van der Waals surface area contributed by atoms with Crippen molar-refractivity contribution in [1.82, 2.24) is 14.8 Å². The van der Waals surface area contributed by atoms with Gasteiger partial charge in [0, 0.05) is 38.9 Å². The van der Waals surface area contributed by atoms with E-state index in [0.29, 0.717) is 0 Å². The highest BCUT2D eigenvalue weighted by atomic mass is 32.1. The van der Waals surface area contributed by atoms with Gasteiger partial charge in [-0.05, 0) is 29.0 Å². The Morgan fingerprint density at radius 2 is 2.00 bits per heavy atom. The highest BCUT2D eigenvalue weighted by molar-refractivity contribution is 7.13. The molecule has 0 radical (unpaired) electrons. The number of nitrogens with two attached hydrogens (primary N) is 1. The van der Waals surface area contributed by atoms with Crippen LogP contribution in [0.25, 0.3) is 10.6 Å². The van der Waals surface area contributed by atoms with Gasteiger partial charge in [-0.25, -0.2) is 0 Å². The van der Waals surface area contributed by atoms with Crippen LogP contribution in [0.1, 0.15) is 19.4 Å². The van der Waals surface area contributed by atoms with Gasteiger partial charge < -0.3 is 10.6 Å². The summed E-state index contributed by atoms with van der Waals surface area (Å²) in [6.45, 7) is 8.11. The van der Waals surface area contributed by atoms with E-state index in [4.69, 9.17) is 5.73 Å². The maximum absolute atomic E-state index is 12.3. The second-order valence-electron chi connectivity index (χ2n) is 6.90. The van der Waals surface area contributed by atoms with E-state index in [1.807, 2.05) is 31.0 Å². The molecule has 3 heterocycles. The molecular weight excluding hydrogens is 332 g/mol. The molecule has 25 heavy (non-hydrogen) atoms. The number of rotatable bonds is 5. The Morgan fingerprint density at radius 3 is 2.56 bits per heavy atom. The largest absolute Gasteiger partial charge is 0.339 e. The van der Waals surface area contributed by atoms with Crippen LogP contribution in [0.15, 0.2) is 35.8 Å². The number of pyridine rings is 1. The quantitative estimate of drug-likeness (QED) is 0.892. The Labute approximate surface area is 153 Å². The van der Waals surface area contributed by atoms with Crippen molar-refractivity contribution in [2.75, 3.05) is 26.2 Å². The normalized spacial score (nSPS) is 17.0. The molecule has 1 atom stereocenters. The molecule has 1 aliphatic rings. The smallest absolute Gasteiger partial charge is 0.239 e. The zero-order chi connectivity index (χ0) is 17.8. The first-order valence-electron chi connectivity index (χ1n) is 8.80. The van der Waals surface area contributed by atoms with Crippen LogP contribution in [0.5, 0.6) is 0 Å². The Kier molecular flexibility index (Phi) is 5.83. The summed E-state index contributed by atoms with van der Waals surface area (Å²) in [5.74, 6) is 0.259. The lowest BCUT2D eigenvalue weighted by Crippen LogP contribution is -2.54. The number of hydrogen-bond donors (Lipinski definition) is 1. The molecule has 1 amide bonds.